The average Bonchev–Trinajstić information content (AvgIpc) is 2.69. The first-order valence-electron chi connectivity index (χ1n) is 5.36. The lowest BCUT2D eigenvalue weighted by Gasteiger charge is -2.21. The quantitative estimate of drug-likeness (QED) is 0.641. The molecule has 0 aromatic heterocycles. The van der Waals surface area contributed by atoms with Crippen molar-refractivity contribution in [3.05, 3.63) is 35.4 Å². The van der Waals surface area contributed by atoms with Gasteiger partial charge in [-0.1, -0.05) is 31.2 Å². The number of urea groups is 1. The molecule has 1 heterocycles. The molecule has 4 nitrogen and oxygen atoms in total. The van der Waals surface area contributed by atoms with Crippen molar-refractivity contribution in [1.29, 1.82) is 0 Å². The van der Waals surface area contributed by atoms with Gasteiger partial charge in [-0.2, -0.15) is 0 Å². The van der Waals surface area contributed by atoms with Crippen LogP contribution in [0.25, 0.3) is 0 Å². The largest absolute Gasteiger partial charge is 0.322 e. The Morgan fingerprint density at radius 3 is 2.75 bits per heavy atom. The van der Waals surface area contributed by atoms with Gasteiger partial charge in [-0.25, -0.2) is 4.79 Å². The molecular formula is C12H12N2O2. The van der Waals surface area contributed by atoms with Crippen molar-refractivity contribution in [1.82, 2.24) is 10.6 Å². The molecule has 0 radical (unpaired) electrons. The average molecular weight is 216 g/mol. The van der Waals surface area contributed by atoms with E-state index in [-0.39, 0.29) is 5.91 Å². The number of amides is 3. The topological polar surface area (TPSA) is 58.2 Å². The number of benzene rings is 1. The highest BCUT2D eigenvalue weighted by Gasteiger charge is 2.53. The minimum Gasteiger partial charge on any atom is -0.319 e. The number of carbonyl (C=O) groups excluding carboxylic acids is 2. The standard InChI is InChI=1S/C12H12N2O2/c1-7-6-12(10(15)13-11(16)14-12)9-5-3-2-4-8(7)9/h2-5,7H,6H2,1H3,(H2,13,14,15,16)/t7-,12-/m0/s1. The molecule has 82 valence electrons. The molecule has 1 aromatic carbocycles. The van der Waals surface area contributed by atoms with Crippen molar-refractivity contribution < 1.29 is 9.59 Å². The summed E-state index contributed by atoms with van der Waals surface area (Å²) >= 11 is 0. The normalized spacial score (nSPS) is 31.4. The fourth-order valence-electron chi connectivity index (χ4n) is 2.82. The summed E-state index contributed by atoms with van der Waals surface area (Å²) in [6, 6.07) is 7.41. The molecular weight excluding hydrogens is 204 g/mol. The molecule has 0 unspecified atom stereocenters. The van der Waals surface area contributed by atoms with Gasteiger partial charge < -0.3 is 5.32 Å². The number of rotatable bonds is 0. The SMILES string of the molecule is C[C@H]1C[C@]2(NC(=O)NC2=O)c2ccccc21. The van der Waals surface area contributed by atoms with Crippen LogP contribution in [0.5, 0.6) is 0 Å². The highest BCUT2D eigenvalue weighted by atomic mass is 16.2. The molecule has 4 heteroatoms. The Labute approximate surface area is 93.0 Å². The molecule has 2 N–H and O–H groups in total. The summed E-state index contributed by atoms with van der Waals surface area (Å²) in [5.74, 6) is 0.0645. The summed E-state index contributed by atoms with van der Waals surface area (Å²) in [4.78, 5) is 23.2. The van der Waals surface area contributed by atoms with Crippen LogP contribution < -0.4 is 10.6 Å². The highest BCUT2D eigenvalue weighted by Crippen LogP contribution is 2.45. The van der Waals surface area contributed by atoms with Crippen LogP contribution in [-0.4, -0.2) is 11.9 Å². The first-order valence-corrected chi connectivity index (χ1v) is 5.36. The lowest BCUT2D eigenvalue weighted by atomic mass is 9.92. The summed E-state index contributed by atoms with van der Waals surface area (Å²) in [5, 5.41) is 5.09. The molecule has 1 aliphatic heterocycles. The van der Waals surface area contributed by atoms with Crippen LogP contribution in [-0.2, 0) is 10.3 Å². The van der Waals surface area contributed by atoms with Gasteiger partial charge in [0.2, 0.25) is 0 Å². The molecule has 1 spiro atoms. The lowest BCUT2D eigenvalue weighted by molar-refractivity contribution is -0.124. The number of nitrogens with one attached hydrogen (secondary N) is 2. The molecule has 2 aliphatic rings. The third-order valence-electron chi connectivity index (χ3n) is 3.51. The second kappa shape index (κ2) is 2.84. The van der Waals surface area contributed by atoms with Gasteiger partial charge in [-0.15, -0.1) is 0 Å². The summed E-state index contributed by atoms with van der Waals surface area (Å²) in [6.45, 7) is 2.07. The van der Waals surface area contributed by atoms with Crippen molar-refractivity contribution >= 4 is 11.9 Å². The number of hydrogen-bond donors (Lipinski definition) is 2. The van der Waals surface area contributed by atoms with Crippen molar-refractivity contribution in [2.24, 2.45) is 0 Å². The van der Waals surface area contributed by atoms with Gasteiger partial charge in [0, 0.05) is 0 Å². The molecule has 0 saturated carbocycles. The highest BCUT2D eigenvalue weighted by molar-refractivity contribution is 6.08. The Morgan fingerprint density at radius 1 is 1.31 bits per heavy atom. The fraction of sp³-hybridized carbons (Fsp3) is 0.333. The van der Waals surface area contributed by atoms with Crippen LogP contribution in [0.3, 0.4) is 0 Å². The summed E-state index contributed by atoms with van der Waals surface area (Å²) in [5.41, 5.74) is 1.26. The van der Waals surface area contributed by atoms with Crippen molar-refractivity contribution in [2.45, 2.75) is 24.8 Å². The minimum atomic E-state index is -0.826. The van der Waals surface area contributed by atoms with E-state index in [0.717, 1.165) is 11.1 Å². The summed E-state index contributed by atoms with van der Waals surface area (Å²) < 4.78 is 0. The van der Waals surface area contributed by atoms with Crippen molar-refractivity contribution in [3.63, 3.8) is 0 Å². The van der Waals surface area contributed by atoms with E-state index in [9.17, 15) is 9.59 Å². The summed E-state index contributed by atoms with van der Waals surface area (Å²) in [6.07, 6.45) is 0.643. The van der Waals surface area contributed by atoms with Crippen LogP contribution in [0.4, 0.5) is 4.79 Å². The first-order chi connectivity index (χ1) is 7.63. The van der Waals surface area contributed by atoms with Crippen LogP contribution >= 0.6 is 0 Å². The van der Waals surface area contributed by atoms with E-state index in [2.05, 4.69) is 17.6 Å². The van der Waals surface area contributed by atoms with E-state index < -0.39 is 11.6 Å². The zero-order valence-electron chi connectivity index (χ0n) is 8.91. The van der Waals surface area contributed by atoms with E-state index >= 15 is 0 Å². The predicted octanol–water partition coefficient (Wildman–Crippen LogP) is 1.23. The van der Waals surface area contributed by atoms with Gasteiger partial charge in [0.15, 0.2) is 0 Å². The van der Waals surface area contributed by atoms with Gasteiger partial charge in [0.05, 0.1) is 0 Å². The van der Waals surface area contributed by atoms with Gasteiger partial charge in [-0.05, 0) is 23.5 Å². The maximum Gasteiger partial charge on any atom is 0.322 e. The van der Waals surface area contributed by atoms with Crippen molar-refractivity contribution in [2.75, 3.05) is 0 Å². The Bertz CT molecular complexity index is 498. The van der Waals surface area contributed by atoms with E-state index in [1.807, 2.05) is 24.3 Å². The maximum absolute atomic E-state index is 11.9. The van der Waals surface area contributed by atoms with Crippen molar-refractivity contribution in [3.8, 4) is 0 Å². The summed E-state index contributed by atoms with van der Waals surface area (Å²) in [7, 11) is 0. The molecule has 1 aliphatic carbocycles. The number of imide groups is 1. The number of hydrogen-bond acceptors (Lipinski definition) is 2. The molecule has 1 saturated heterocycles. The third kappa shape index (κ3) is 0.988. The zero-order valence-corrected chi connectivity index (χ0v) is 8.91. The van der Waals surface area contributed by atoms with Crippen LogP contribution in [0.15, 0.2) is 24.3 Å². The van der Waals surface area contributed by atoms with Crippen LogP contribution in [0.2, 0.25) is 0 Å². The molecule has 2 atom stereocenters. The molecule has 16 heavy (non-hydrogen) atoms. The Balaban J connectivity index is 2.19. The van der Waals surface area contributed by atoms with Crippen LogP contribution in [0, 0.1) is 0 Å². The number of carbonyl (C=O) groups is 2. The van der Waals surface area contributed by atoms with E-state index in [0.29, 0.717) is 12.3 Å². The third-order valence-corrected chi connectivity index (χ3v) is 3.51. The molecule has 0 bridgehead atoms. The van der Waals surface area contributed by atoms with Gasteiger partial charge in [0.1, 0.15) is 5.54 Å². The fourth-order valence-corrected chi connectivity index (χ4v) is 2.82. The Hall–Kier alpha value is -1.84. The van der Waals surface area contributed by atoms with Gasteiger partial charge in [0.25, 0.3) is 5.91 Å². The molecule has 1 fully saturated rings. The predicted molar refractivity (Wildman–Crippen MR) is 57.8 cm³/mol. The van der Waals surface area contributed by atoms with E-state index in [1.54, 1.807) is 0 Å². The van der Waals surface area contributed by atoms with E-state index in [1.165, 1.54) is 0 Å². The van der Waals surface area contributed by atoms with E-state index in [4.69, 9.17) is 0 Å². The van der Waals surface area contributed by atoms with Gasteiger partial charge in [-0.3, -0.25) is 10.1 Å². The molecule has 3 rings (SSSR count). The van der Waals surface area contributed by atoms with Gasteiger partial charge >= 0.3 is 6.03 Å². The second-order valence-corrected chi connectivity index (χ2v) is 4.51. The minimum absolute atomic E-state index is 0.227. The molecule has 3 amide bonds. The monoisotopic (exact) mass is 216 g/mol. The maximum atomic E-state index is 11.9. The first kappa shape index (κ1) is 9.39. The number of fused-ring (bicyclic) bond motifs is 2. The van der Waals surface area contributed by atoms with Crippen LogP contribution in [0.1, 0.15) is 30.4 Å². The zero-order chi connectivity index (χ0) is 11.3. The molecule has 1 aromatic rings. The lowest BCUT2D eigenvalue weighted by Crippen LogP contribution is -2.41. The Kier molecular flexibility index (Phi) is 1.67. The Morgan fingerprint density at radius 2 is 2.06 bits per heavy atom. The second-order valence-electron chi connectivity index (χ2n) is 4.51. The smallest absolute Gasteiger partial charge is 0.319 e.